The third kappa shape index (κ3) is 5.60. The van der Waals surface area contributed by atoms with Crippen LogP contribution in [-0.4, -0.2) is 57.4 Å². The van der Waals surface area contributed by atoms with E-state index in [1.807, 2.05) is 51.0 Å². The van der Waals surface area contributed by atoms with E-state index in [1.54, 1.807) is 16.8 Å². The van der Waals surface area contributed by atoms with Gasteiger partial charge in [-0.3, -0.25) is 5.01 Å². The van der Waals surface area contributed by atoms with Crippen LogP contribution in [0.2, 0.25) is 0 Å². The summed E-state index contributed by atoms with van der Waals surface area (Å²) in [4.78, 5) is 16.6. The number of hydrogen-bond acceptors (Lipinski definition) is 6. The fourth-order valence-electron chi connectivity index (χ4n) is 2.95. The largest absolute Gasteiger partial charge is 0.461 e. The topological polar surface area (TPSA) is 65.0 Å². The van der Waals surface area contributed by atoms with E-state index in [2.05, 4.69) is 28.7 Å². The molecule has 1 heterocycles. The molecule has 0 aromatic heterocycles. The molecule has 2 N–H and O–H groups in total. The molecule has 0 atom stereocenters. The number of anilines is 2. The monoisotopic (exact) mass is 386 g/mol. The lowest BCUT2D eigenvalue weighted by molar-refractivity contribution is -0.557. The highest BCUT2D eigenvalue weighted by Gasteiger charge is 2.21. The van der Waals surface area contributed by atoms with Gasteiger partial charge in [-0.25, -0.2) is 4.79 Å². The second kappa shape index (κ2) is 10.5. The van der Waals surface area contributed by atoms with Crippen molar-refractivity contribution >= 4 is 23.1 Å². The quantitative estimate of drug-likeness (QED) is 0.398. The molecule has 1 saturated heterocycles. The molecular weight excluding hydrogens is 354 g/mol. The number of quaternary nitrogens is 1. The number of nitrogens with two attached hydrogens (primary N) is 1. The highest BCUT2D eigenvalue weighted by atomic mass is 16.5. The lowest BCUT2D eigenvalue weighted by Crippen LogP contribution is -2.72. The molecule has 1 aromatic carbocycles. The Morgan fingerprint density at radius 1 is 1.29 bits per heavy atom. The lowest BCUT2D eigenvalue weighted by Gasteiger charge is -2.21. The molecule has 0 aliphatic carbocycles. The average molecular weight is 387 g/mol. The second-order valence-corrected chi connectivity index (χ2v) is 6.64. The van der Waals surface area contributed by atoms with Gasteiger partial charge in [0.25, 0.3) is 0 Å². The van der Waals surface area contributed by atoms with Gasteiger partial charge in [-0.15, -0.1) is 0 Å². The second-order valence-electron chi connectivity index (χ2n) is 6.64. The van der Waals surface area contributed by atoms with Gasteiger partial charge in [-0.05, 0) is 44.0 Å². The zero-order valence-electron chi connectivity index (χ0n) is 17.4. The van der Waals surface area contributed by atoms with E-state index >= 15 is 0 Å². The summed E-state index contributed by atoms with van der Waals surface area (Å²) in [5.41, 5.74) is 2.75. The van der Waals surface area contributed by atoms with Crippen molar-refractivity contribution in [1.82, 2.24) is 4.90 Å². The van der Waals surface area contributed by atoms with Crippen molar-refractivity contribution in [2.24, 2.45) is 5.10 Å². The normalized spacial score (nSPS) is 14.4. The molecule has 0 radical (unpaired) electrons. The van der Waals surface area contributed by atoms with Crippen molar-refractivity contribution in [3.8, 4) is 0 Å². The molecule has 0 unspecified atom stereocenters. The summed E-state index contributed by atoms with van der Waals surface area (Å²) < 4.78 is 5.18. The van der Waals surface area contributed by atoms with E-state index in [0.29, 0.717) is 5.70 Å². The van der Waals surface area contributed by atoms with Gasteiger partial charge >= 0.3 is 5.97 Å². The van der Waals surface area contributed by atoms with Crippen LogP contribution in [0.4, 0.5) is 11.4 Å². The van der Waals surface area contributed by atoms with Crippen LogP contribution in [0.5, 0.6) is 0 Å². The van der Waals surface area contributed by atoms with Crippen LogP contribution < -0.4 is 15.2 Å². The molecule has 152 valence electrons. The predicted octanol–water partition coefficient (Wildman–Crippen LogP) is 1.75. The minimum Gasteiger partial charge on any atom is -0.461 e. The van der Waals surface area contributed by atoms with Crippen molar-refractivity contribution in [2.75, 3.05) is 50.7 Å². The Balaban J connectivity index is 2.22. The zero-order chi connectivity index (χ0) is 20.5. The average Bonchev–Trinajstić information content (AvgIpc) is 3.24. The fourth-order valence-corrected chi connectivity index (χ4v) is 2.95. The van der Waals surface area contributed by atoms with Gasteiger partial charge in [-0.1, -0.05) is 6.58 Å². The van der Waals surface area contributed by atoms with Crippen LogP contribution in [0.15, 0.2) is 54.0 Å². The Bertz CT molecular complexity index is 721. The van der Waals surface area contributed by atoms with Gasteiger partial charge in [-0.2, -0.15) is 5.10 Å². The molecule has 1 fully saturated rings. The van der Waals surface area contributed by atoms with Crippen molar-refractivity contribution in [2.45, 2.75) is 19.8 Å². The maximum Gasteiger partial charge on any atom is 0.360 e. The number of nitrogens with zero attached hydrogens (tertiary/aromatic N) is 4. The van der Waals surface area contributed by atoms with Gasteiger partial charge in [0.05, 0.1) is 31.2 Å². The van der Waals surface area contributed by atoms with E-state index in [1.165, 1.54) is 18.5 Å². The first-order valence-corrected chi connectivity index (χ1v) is 9.70. The molecule has 7 heteroatoms. The number of hydrogen-bond donors (Lipinski definition) is 1. The van der Waals surface area contributed by atoms with Crippen molar-refractivity contribution < 1.29 is 14.8 Å². The number of hydrazone groups is 1. The third-order valence-electron chi connectivity index (χ3n) is 4.61. The molecule has 0 spiro atoms. The molecule has 1 aliphatic rings. The molecule has 1 aromatic rings. The van der Waals surface area contributed by atoms with E-state index in [0.717, 1.165) is 18.8 Å². The minimum absolute atomic E-state index is 0.177. The van der Waals surface area contributed by atoms with Crippen molar-refractivity contribution in [1.29, 1.82) is 0 Å². The Morgan fingerprint density at radius 2 is 1.93 bits per heavy atom. The zero-order valence-corrected chi connectivity index (χ0v) is 17.4. The van der Waals surface area contributed by atoms with Crippen molar-refractivity contribution in [3.05, 3.63) is 48.9 Å². The molecule has 2 rings (SSSR count). The van der Waals surface area contributed by atoms with Gasteiger partial charge in [0.2, 0.25) is 0 Å². The smallest absolute Gasteiger partial charge is 0.360 e. The van der Waals surface area contributed by atoms with Gasteiger partial charge < -0.3 is 19.9 Å². The fraction of sp³-hybridized carbons (Fsp3) is 0.429. The summed E-state index contributed by atoms with van der Waals surface area (Å²) in [6.45, 7) is 8.28. The predicted molar refractivity (Wildman–Crippen MR) is 114 cm³/mol. The number of ether oxygens (including phenoxy) is 1. The summed E-state index contributed by atoms with van der Waals surface area (Å²) in [6.07, 6.45) is 6.18. The maximum atomic E-state index is 12.5. The molecule has 0 saturated carbocycles. The van der Waals surface area contributed by atoms with E-state index in [-0.39, 0.29) is 12.3 Å². The standard InChI is InChI=1S/C21H31N5O2/c1-6-28-21(27)20(17(2)24(4)16-13-22-3)23-25(5)18-9-11-19(12-10-18)26-14-7-8-15-26/h9-13,16,22H,2,6-8,14-15H2,1,3-5H3/p+1. The van der Waals surface area contributed by atoms with Gasteiger partial charge in [0, 0.05) is 32.9 Å². The Kier molecular flexibility index (Phi) is 8.07. The Labute approximate surface area is 167 Å². The number of rotatable bonds is 9. The SMILES string of the molecule is C=C(C(=NN(C)c1ccc(N2CCCC2)cc1)C(=O)OCC)N(C)C=C[NH2+]C. The van der Waals surface area contributed by atoms with Crippen LogP contribution in [0.25, 0.3) is 0 Å². The number of benzene rings is 1. The first-order valence-electron chi connectivity index (χ1n) is 9.70. The summed E-state index contributed by atoms with van der Waals surface area (Å²) in [5, 5.41) is 8.08. The summed E-state index contributed by atoms with van der Waals surface area (Å²) in [6, 6.07) is 8.21. The van der Waals surface area contributed by atoms with Crippen LogP contribution in [0, 0.1) is 0 Å². The molecular formula is C21H32N5O2+. The maximum absolute atomic E-state index is 12.5. The summed E-state index contributed by atoms with van der Waals surface area (Å²) >= 11 is 0. The number of esters is 1. The van der Waals surface area contributed by atoms with Crippen LogP contribution >= 0.6 is 0 Å². The third-order valence-corrected chi connectivity index (χ3v) is 4.61. The highest BCUT2D eigenvalue weighted by Crippen LogP contribution is 2.23. The molecule has 28 heavy (non-hydrogen) atoms. The van der Waals surface area contributed by atoms with Crippen molar-refractivity contribution in [3.63, 3.8) is 0 Å². The molecule has 0 bridgehead atoms. The number of carbonyl (C=O) groups excluding carboxylic acids is 1. The Morgan fingerprint density at radius 3 is 2.50 bits per heavy atom. The van der Waals surface area contributed by atoms with Gasteiger partial charge in [0.15, 0.2) is 5.71 Å². The first-order chi connectivity index (χ1) is 13.5. The van der Waals surface area contributed by atoms with Crippen LogP contribution in [-0.2, 0) is 9.53 Å². The first kappa shape index (κ1) is 21.5. The minimum atomic E-state index is -0.492. The highest BCUT2D eigenvalue weighted by molar-refractivity contribution is 6.43. The molecule has 0 amide bonds. The number of carbonyl (C=O) groups is 1. The molecule has 1 aliphatic heterocycles. The van der Waals surface area contributed by atoms with Gasteiger partial charge in [0.1, 0.15) is 6.20 Å². The van der Waals surface area contributed by atoms with E-state index in [4.69, 9.17) is 4.74 Å². The van der Waals surface area contributed by atoms with Crippen LogP contribution in [0.1, 0.15) is 19.8 Å². The summed E-state index contributed by atoms with van der Waals surface area (Å²) in [7, 11) is 5.56. The lowest BCUT2D eigenvalue weighted by atomic mass is 10.2. The molecule has 7 nitrogen and oxygen atoms in total. The van der Waals surface area contributed by atoms with E-state index in [9.17, 15) is 4.79 Å². The van der Waals surface area contributed by atoms with Crippen LogP contribution in [0.3, 0.4) is 0 Å². The summed E-state index contributed by atoms with van der Waals surface area (Å²) in [5.74, 6) is -0.492. The Hall–Kier alpha value is -2.80. The van der Waals surface area contributed by atoms with E-state index < -0.39 is 5.97 Å².